The maximum absolute atomic E-state index is 12.2. The van der Waals surface area contributed by atoms with Gasteiger partial charge in [0, 0.05) is 39.2 Å². The zero-order valence-electron chi connectivity index (χ0n) is 15.2. The summed E-state index contributed by atoms with van der Waals surface area (Å²) < 4.78 is 31.3. The van der Waals surface area contributed by atoms with E-state index in [0.717, 1.165) is 10.00 Å². The van der Waals surface area contributed by atoms with E-state index in [2.05, 4.69) is 9.97 Å². The van der Waals surface area contributed by atoms with Crippen LogP contribution in [0, 0.1) is 0 Å². The number of fused-ring (bicyclic) bond motifs is 1. The lowest BCUT2D eigenvalue weighted by molar-refractivity contribution is -0.116. The van der Waals surface area contributed by atoms with Gasteiger partial charge in [0.25, 0.3) is 5.22 Å². The molecule has 0 N–H and O–H groups in total. The number of nitrogens with zero attached hydrogens (tertiary/aromatic N) is 4. The number of hydrogen-bond acceptors (Lipinski definition) is 8. The maximum Gasteiger partial charge on any atom is 0.257 e. The van der Waals surface area contributed by atoms with E-state index in [9.17, 15) is 13.2 Å². The summed E-state index contributed by atoms with van der Waals surface area (Å²) >= 11 is 2.75. The largest absolute Gasteiger partial charge is 0.431 e. The van der Waals surface area contributed by atoms with Gasteiger partial charge in [-0.25, -0.2) is 22.7 Å². The number of oxazole rings is 1. The highest BCUT2D eigenvalue weighted by Gasteiger charge is 2.19. The lowest BCUT2D eigenvalue weighted by Gasteiger charge is -2.10. The number of amides is 1. The Balaban J connectivity index is 1.76. The molecule has 2 heterocycles. The van der Waals surface area contributed by atoms with Crippen molar-refractivity contribution in [1.82, 2.24) is 14.3 Å². The first kappa shape index (κ1) is 19.8. The van der Waals surface area contributed by atoms with Crippen molar-refractivity contribution < 1.29 is 17.6 Å². The van der Waals surface area contributed by atoms with E-state index in [4.69, 9.17) is 4.42 Å². The molecule has 144 valence electrons. The molecule has 0 atom stereocenters. The molecule has 3 rings (SSSR count). The predicted molar refractivity (Wildman–Crippen MR) is 106 cm³/mol. The van der Waals surface area contributed by atoms with Gasteiger partial charge >= 0.3 is 0 Å². The number of thiazole rings is 1. The quantitative estimate of drug-likeness (QED) is 0.559. The zero-order chi connectivity index (χ0) is 19.8. The van der Waals surface area contributed by atoms with E-state index in [1.54, 1.807) is 13.1 Å². The fourth-order valence-corrected chi connectivity index (χ4v) is 4.70. The minimum absolute atomic E-state index is 0.0778. The molecule has 2 aromatic heterocycles. The van der Waals surface area contributed by atoms with Crippen molar-refractivity contribution in [2.24, 2.45) is 0 Å². The van der Waals surface area contributed by atoms with E-state index >= 15 is 0 Å². The summed E-state index contributed by atoms with van der Waals surface area (Å²) in [6, 6.07) is 4.61. The van der Waals surface area contributed by atoms with Gasteiger partial charge in [0.15, 0.2) is 10.7 Å². The van der Waals surface area contributed by atoms with E-state index in [1.807, 2.05) is 5.38 Å². The molecule has 0 saturated heterocycles. The second kappa shape index (κ2) is 7.58. The molecule has 0 fully saturated rings. The number of thioether (sulfide) groups is 1. The highest BCUT2D eigenvalue weighted by molar-refractivity contribution is 7.98. The predicted octanol–water partition coefficient (Wildman–Crippen LogP) is 2.81. The second-order valence-corrected chi connectivity index (χ2v) is 9.80. The van der Waals surface area contributed by atoms with Crippen LogP contribution in [-0.4, -0.2) is 49.7 Å². The number of hydrogen-bond donors (Lipinski definition) is 0. The average molecular weight is 427 g/mol. The number of aromatic nitrogens is 2. The topological polar surface area (TPSA) is 96.6 Å². The normalized spacial score (nSPS) is 12.0. The molecule has 0 bridgehead atoms. The summed E-state index contributed by atoms with van der Waals surface area (Å²) in [5.41, 5.74) is 1.81. The number of sulfonamides is 1. The number of carbonyl (C=O) groups excluding carboxylic acids is 1. The van der Waals surface area contributed by atoms with Crippen molar-refractivity contribution in [3.63, 3.8) is 0 Å². The molecule has 0 aliphatic rings. The molecule has 0 unspecified atom stereocenters. The Morgan fingerprint density at radius 2 is 2.00 bits per heavy atom. The summed E-state index contributed by atoms with van der Waals surface area (Å²) in [7, 11) is 1.12. The Labute approximate surface area is 165 Å². The van der Waals surface area contributed by atoms with E-state index in [1.165, 1.54) is 61.2 Å². The van der Waals surface area contributed by atoms with Crippen LogP contribution in [0.3, 0.4) is 0 Å². The molecular weight excluding hydrogens is 408 g/mol. The molecule has 0 aliphatic heterocycles. The van der Waals surface area contributed by atoms with Gasteiger partial charge < -0.3 is 4.42 Å². The van der Waals surface area contributed by atoms with Crippen molar-refractivity contribution in [2.75, 3.05) is 26.0 Å². The molecule has 27 heavy (non-hydrogen) atoms. The van der Waals surface area contributed by atoms with Crippen LogP contribution in [0.1, 0.15) is 12.6 Å². The fourth-order valence-electron chi connectivity index (χ4n) is 2.11. The van der Waals surface area contributed by atoms with Crippen LogP contribution >= 0.6 is 23.1 Å². The third-order valence-electron chi connectivity index (χ3n) is 3.76. The van der Waals surface area contributed by atoms with Crippen LogP contribution in [0.25, 0.3) is 11.1 Å². The van der Waals surface area contributed by atoms with Gasteiger partial charge in [0.2, 0.25) is 15.9 Å². The van der Waals surface area contributed by atoms with Crippen molar-refractivity contribution in [1.29, 1.82) is 0 Å². The highest BCUT2D eigenvalue weighted by atomic mass is 32.2. The lowest BCUT2D eigenvalue weighted by Crippen LogP contribution is -2.22. The molecule has 8 nitrogen and oxygen atoms in total. The SMILES string of the molecule is CC(=O)N(C)c1nc(CSc2nc3cc(S(=O)(=O)N(C)C)ccc3o2)cs1. The maximum atomic E-state index is 12.2. The first-order valence-corrected chi connectivity index (χ1v) is 11.1. The molecule has 1 aromatic carbocycles. The Bertz CT molecular complexity index is 1090. The van der Waals surface area contributed by atoms with E-state index < -0.39 is 10.0 Å². The molecule has 0 aliphatic carbocycles. The average Bonchev–Trinajstić information content (AvgIpc) is 3.24. The summed E-state index contributed by atoms with van der Waals surface area (Å²) in [4.78, 5) is 21.8. The number of rotatable bonds is 6. The van der Waals surface area contributed by atoms with Gasteiger partial charge in [-0.2, -0.15) is 0 Å². The summed E-state index contributed by atoms with van der Waals surface area (Å²) in [5.74, 6) is 0.448. The summed E-state index contributed by atoms with van der Waals surface area (Å²) in [6.07, 6.45) is 0. The number of benzene rings is 1. The van der Waals surface area contributed by atoms with Gasteiger partial charge in [-0.15, -0.1) is 11.3 Å². The van der Waals surface area contributed by atoms with Gasteiger partial charge in [-0.3, -0.25) is 9.69 Å². The molecular formula is C16H18N4O4S3. The second-order valence-electron chi connectivity index (χ2n) is 5.88. The summed E-state index contributed by atoms with van der Waals surface area (Å²) in [5, 5.41) is 2.94. The standard InChI is InChI=1S/C16H18N4O4S3/c1-10(21)20(4)15-17-11(8-25-15)9-26-16-18-13-7-12(5-6-14(13)24-16)27(22,23)19(2)3/h5-8H,9H2,1-4H3. The molecule has 0 spiro atoms. The third-order valence-corrected chi connectivity index (χ3v) is 7.40. The minimum Gasteiger partial charge on any atom is -0.431 e. The lowest BCUT2D eigenvalue weighted by atomic mass is 10.3. The molecule has 11 heteroatoms. The van der Waals surface area contributed by atoms with Crippen molar-refractivity contribution in [3.05, 3.63) is 29.3 Å². The first-order chi connectivity index (χ1) is 12.7. The molecule has 3 aromatic rings. The number of carbonyl (C=O) groups is 1. The van der Waals surface area contributed by atoms with Crippen LogP contribution in [0.5, 0.6) is 0 Å². The van der Waals surface area contributed by atoms with E-state index in [0.29, 0.717) is 27.2 Å². The smallest absolute Gasteiger partial charge is 0.257 e. The molecule has 0 saturated carbocycles. The Kier molecular flexibility index (Phi) is 5.56. The minimum atomic E-state index is -3.52. The van der Waals surface area contributed by atoms with Crippen LogP contribution in [0.4, 0.5) is 5.13 Å². The van der Waals surface area contributed by atoms with E-state index in [-0.39, 0.29) is 10.8 Å². The van der Waals surface area contributed by atoms with Crippen LogP contribution in [0.15, 0.2) is 38.1 Å². The fraction of sp³-hybridized carbons (Fsp3) is 0.312. The summed E-state index contributed by atoms with van der Waals surface area (Å²) in [6.45, 7) is 1.49. The highest BCUT2D eigenvalue weighted by Crippen LogP contribution is 2.29. The number of anilines is 1. The van der Waals surface area contributed by atoms with Crippen LogP contribution < -0.4 is 4.90 Å². The van der Waals surface area contributed by atoms with Gasteiger partial charge in [-0.05, 0) is 18.2 Å². The Morgan fingerprint density at radius 3 is 2.67 bits per heavy atom. The van der Waals surface area contributed by atoms with Crippen LogP contribution in [-0.2, 0) is 20.6 Å². The van der Waals surface area contributed by atoms with Crippen molar-refractivity contribution in [3.8, 4) is 0 Å². The van der Waals surface area contributed by atoms with Crippen LogP contribution in [0.2, 0.25) is 0 Å². The van der Waals surface area contributed by atoms with Gasteiger partial charge in [-0.1, -0.05) is 11.8 Å². The third kappa shape index (κ3) is 4.15. The van der Waals surface area contributed by atoms with Crippen molar-refractivity contribution >= 4 is 55.3 Å². The monoisotopic (exact) mass is 426 g/mol. The first-order valence-electron chi connectivity index (χ1n) is 7.83. The Hall–Kier alpha value is -1.95. The molecule has 0 radical (unpaired) electrons. The van der Waals surface area contributed by atoms with Gasteiger partial charge in [0.05, 0.1) is 10.6 Å². The van der Waals surface area contributed by atoms with Gasteiger partial charge in [0.1, 0.15) is 5.52 Å². The molecule has 1 amide bonds. The Morgan fingerprint density at radius 1 is 1.26 bits per heavy atom. The van der Waals surface area contributed by atoms with Crippen molar-refractivity contribution in [2.45, 2.75) is 22.8 Å². The zero-order valence-corrected chi connectivity index (χ0v) is 17.6.